The molecule has 0 fully saturated rings. The number of anilines is 1. The average molecular weight is 537 g/mol. The summed E-state index contributed by atoms with van der Waals surface area (Å²) in [6, 6.07) is 10.9. The molecular weight excluding hydrogens is 522 g/mol. The summed E-state index contributed by atoms with van der Waals surface area (Å²) < 4.78 is 15.8. The van der Waals surface area contributed by atoms with Crippen LogP contribution in [0, 0.1) is 5.82 Å². The van der Waals surface area contributed by atoms with Gasteiger partial charge in [-0.25, -0.2) is 9.37 Å². The number of thioether (sulfide) groups is 1. The zero-order chi connectivity index (χ0) is 24.1. The van der Waals surface area contributed by atoms with E-state index in [4.69, 9.17) is 23.2 Å². The van der Waals surface area contributed by atoms with Crippen molar-refractivity contribution < 1.29 is 14.0 Å². The van der Waals surface area contributed by atoms with E-state index >= 15 is 0 Å². The van der Waals surface area contributed by atoms with Gasteiger partial charge in [0.25, 0.3) is 5.91 Å². The molecule has 0 radical (unpaired) electrons. The van der Waals surface area contributed by atoms with Crippen molar-refractivity contribution in [3.05, 3.63) is 81.3 Å². The molecule has 34 heavy (non-hydrogen) atoms. The van der Waals surface area contributed by atoms with Gasteiger partial charge >= 0.3 is 0 Å². The summed E-state index contributed by atoms with van der Waals surface area (Å²) in [6.45, 7) is -0.0745. The molecule has 2 N–H and O–H groups in total. The van der Waals surface area contributed by atoms with Gasteiger partial charge in [-0.05, 0) is 30.3 Å². The highest BCUT2D eigenvalue weighted by Crippen LogP contribution is 2.25. The van der Waals surface area contributed by atoms with Crippen molar-refractivity contribution in [3.63, 3.8) is 0 Å². The van der Waals surface area contributed by atoms with Crippen molar-refractivity contribution in [2.75, 3.05) is 11.1 Å². The molecule has 0 aliphatic heterocycles. The number of benzene rings is 2. The Hall–Kier alpha value is -2.99. The summed E-state index contributed by atoms with van der Waals surface area (Å²) in [7, 11) is 0. The van der Waals surface area contributed by atoms with Crippen LogP contribution in [-0.2, 0) is 11.3 Å². The Balaban J connectivity index is 1.54. The highest BCUT2D eigenvalue weighted by molar-refractivity contribution is 7.99. The number of halogens is 3. The number of carbonyl (C=O) groups excluding carboxylic acids is 2. The number of hydrogen-bond acceptors (Lipinski definition) is 7. The van der Waals surface area contributed by atoms with Gasteiger partial charge in [0.1, 0.15) is 5.82 Å². The van der Waals surface area contributed by atoms with Crippen molar-refractivity contribution in [3.8, 4) is 5.69 Å². The first-order valence-electron chi connectivity index (χ1n) is 9.67. The molecule has 0 bridgehead atoms. The number of nitrogens with one attached hydrogen (secondary N) is 2. The van der Waals surface area contributed by atoms with Crippen molar-refractivity contribution in [2.24, 2.45) is 0 Å². The lowest BCUT2D eigenvalue weighted by molar-refractivity contribution is -0.113. The predicted octanol–water partition coefficient (Wildman–Crippen LogP) is 4.83. The van der Waals surface area contributed by atoms with Crippen LogP contribution in [0.15, 0.2) is 59.2 Å². The zero-order valence-electron chi connectivity index (χ0n) is 17.2. The molecule has 2 aromatic carbocycles. The molecular formula is C21H15Cl2FN6O2S2. The minimum absolute atomic E-state index is 0.00343. The van der Waals surface area contributed by atoms with Crippen LogP contribution >= 0.6 is 46.3 Å². The summed E-state index contributed by atoms with van der Waals surface area (Å²) >= 11 is 14.6. The van der Waals surface area contributed by atoms with Crippen LogP contribution < -0.4 is 10.6 Å². The molecule has 0 atom stereocenters. The van der Waals surface area contributed by atoms with Crippen LogP contribution in [0.1, 0.15) is 16.2 Å². The minimum atomic E-state index is -0.733. The van der Waals surface area contributed by atoms with E-state index in [0.29, 0.717) is 26.8 Å². The number of hydrogen-bond donors (Lipinski definition) is 2. The molecule has 0 spiro atoms. The number of nitrogens with zero attached hydrogens (tertiary/aromatic N) is 4. The third-order valence-corrected chi connectivity index (χ3v) is 6.54. The van der Waals surface area contributed by atoms with E-state index in [9.17, 15) is 14.0 Å². The van der Waals surface area contributed by atoms with Gasteiger partial charge in [-0.1, -0.05) is 47.1 Å². The highest BCUT2D eigenvalue weighted by atomic mass is 35.5. The number of carbonyl (C=O) groups is 2. The number of amides is 2. The maximum Gasteiger partial charge on any atom is 0.256 e. The first-order valence-corrected chi connectivity index (χ1v) is 12.3. The first-order chi connectivity index (χ1) is 16.4. The second-order valence-electron chi connectivity index (χ2n) is 6.67. The lowest BCUT2D eigenvalue weighted by atomic mass is 10.2. The summed E-state index contributed by atoms with van der Waals surface area (Å²) in [6.07, 6.45) is 1.60. The molecule has 0 unspecified atom stereocenters. The van der Waals surface area contributed by atoms with Gasteiger partial charge in [0, 0.05) is 16.6 Å². The van der Waals surface area contributed by atoms with Crippen molar-refractivity contribution in [1.82, 2.24) is 25.1 Å². The molecule has 0 aliphatic carbocycles. The minimum Gasteiger partial charge on any atom is -0.345 e. The first kappa shape index (κ1) is 24.1. The second-order valence-corrected chi connectivity index (χ2v) is 9.35. The van der Waals surface area contributed by atoms with Gasteiger partial charge in [-0.2, -0.15) is 0 Å². The molecule has 4 rings (SSSR count). The number of rotatable bonds is 8. The predicted molar refractivity (Wildman–Crippen MR) is 130 cm³/mol. The fourth-order valence-corrected chi connectivity index (χ4v) is 4.67. The van der Waals surface area contributed by atoms with Crippen LogP contribution in [-0.4, -0.2) is 37.3 Å². The van der Waals surface area contributed by atoms with Crippen LogP contribution in [0.3, 0.4) is 0 Å². The second kappa shape index (κ2) is 11.0. The summed E-state index contributed by atoms with van der Waals surface area (Å²) in [5.41, 5.74) is 0.375. The molecule has 2 aromatic heterocycles. The van der Waals surface area contributed by atoms with E-state index in [1.54, 1.807) is 40.4 Å². The van der Waals surface area contributed by atoms with E-state index in [0.717, 1.165) is 17.8 Å². The highest BCUT2D eigenvalue weighted by Gasteiger charge is 2.20. The van der Waals surface area contributed by atoms with Gasteiger partial charge in [-0.3, -0.25) is 14.2 Å². The lowest BCUT2D eigenvalue weighted by Crippen LogP contribution is -2.26. The lowest BCUT2D eigenvalue weighted by Gasteiger charge is -2.12. The smallest absolute Gasteiger partial charge is 0.256 e. The molecule has 4 aromatic rings. The summed E-state index contributed by atoms with van der Waals surface area (Å²) in [5, 5.41) is 16.8. The molecule has 2 amide bonds. The van der Waals surface area contributed by atoms with E-state index in [1.807, 2.05) is 0 Å². The monoisotopic (exact) mass is 536 g/mol. The van der Waals surface area contributed by atoms with Crippen LogP contribution in [0.4, 0.5) is 9.52 Å². The quantitative estimate of drug-likeness (QED) is 0.312. The topological polar surface area (TPSA) is 102 Å². The molecule has 0 aliphatic rings. The van der Waals surface area contributed by atoms with Crippen molar-refractivity contribution in [2.45, 2.75) is 11.7 Å². The molecule has 13 heteroatoms. The van der Waals surface area contributed by atoms with Gasteiger partial charge in [-0.15, -0.1) is 21.5 Å². The van der Waals surface area contributed by atoms with Crippen molar-refractivity contribution in [1.29, 1.82) is 0 Å². The molecule has 0 saturated carbocycles. The van der Waals surface area contributed by atoms with Crippen LogP contribution in [0.2, 0.25) is 10.0 Å². The van der Waals surface area contributed by atoms with Gasteiger partial charge in [0.2, 0.25) is 5.91 Å². The SMILES string of the molecule is O=C(CSc1nnc(CNC(=O)c2c(F)cccc2Cl)n1-c1cccc(Cl)c1)Nc1nccs1. The maximum atomic E-state index is 14.1. The number of aromatic nitrogens is 4. The van der Waals surface area contributed by atoms with Gasteiger partial charge < -0.3 is 10.6 Å². The van der Waals surface area contributed by atoms with E-state index in [-0.39, 0.29) is 28.8 Å². The van der Waals surface area contributed by atoms with Gasteiger partial charge in [0.15, 0.2) is 16.1 Å². The average Bonchev–Trinajstić information content (AvgIpc) is 3.46. The van der Waals surface area contributed by atoms with E-state index in [2.05, 4.69) is 25.8 Å². The largest absolute Gasteiger partial charge is 0.345 e. The third-order valence-electron chi connectivity index (χ3n) is 4.37. The van der Waals surface area contributed by atoms with E-state index < -0.39 is 11.7 Å². The fraction of sp³-hybridized carbons (Fsp3) is 0.0952. The zero-order valence-corrected chi connectivity index (χ0v) is 20.3. The van der Waals surface area contributed by atoms with Gasteiger partial charge in [0.05, 0.1) is 28.6 Å². The molecule has 2 heterocycles. The standard InChI is InChI=1S/C21H15Cl2FN6O2S2/c22-12-3-1-4-13(9-12)30-16(10-26-19(32)18-14(23)5-2-6-15(18)24)28-29-21(30)34-11-17(31)27-20-25-7-8-33-20/h1-9H,10-11H2,(H,26,32)(H,25,27,31). The number of thiazole rings is 1. The maximum absolute atomic E-state index is 14.1. The third kappa shape index (κ3) is 5.73. The Bertz CT molecular complexity index is 1310. The Morgan fingerprint density at radius 2 is 1.97 bits per heavy atom. The molecule has 0 saturated heterocycles. The molecule has 8 nitrogen and oxygen atoms in total. The van der Waals surface area contributed by atoms with Crippen LogP contribution in [0.5, 0.6) is 0 Å². The Morgan fingerprint density at radius 3 is 2.71 bits per heavy atom. The van der Waals surface area contributed by atoms with Crippen molar-refractivity contribution >= 4 is 63.2 Å². The Kier molecular flexibility index (Phi) is 7.78. The summed E-state index contributed by atoms with van der Waals surface area (Å²) in [5.74, 6) is -1.28. The fourth-order valence-electron chi connectivity index (χ4n) is 2.92. The van der Waals surface area contributed by atoms with Crippen LogP contribution in [0.25, 0.3) is 5.69 Å². The van der Waals surface area contributed by atoms with E-state index in [1.165, 1.54) is 23.5 Å². The Morgan fingerprint density at radius 1 is 1.15 bits per heavy atom. The summed E-state index contributed by atoms with van der Waals surface area (Å²) in [4.78, 5) is 28.9. The Labute approximate surface area is 211 Å². The normalized spacial score (nSPS) is 10.8. The molecule has 174 valence electrons.